The van der Waals surface area contributed by atoms with Crippen molar-refractivity contribution in [2.45, 2.75) is 20.0 Å². The fourth-order valence-electron chi connectivity index (χ4n) is 1.97. The Morgan fingerprint density at radius 1 is 1.56 bits per heavy atom. The molecule has 0 aliphatic carbocycles. The second kappa shape index (κ2) is 4.61. The van der Waals surface area contributed by atoms with Crippen LogP contribution >= 0.6 is 0 Å². The highest BCUT2D eigenvalue weighted by Crippen LogP contribution is 2.22. The fraction of sp³-hybridized carbons (Fsp3) is 0.417. The first-order valence-electron chi connectivity index (χ1n) is 5.36. The van der Waals surface area contributed by atoms with Crippen molar-refractivity contribution in [1.29, 1.82) is 0 Å². The number of aliphatic hydroxyl groups is 1. The third-order valence-electron chi connectivity index (χ3n) is 2.71. The number of halogens is 1. The molecule has 0 bridgehead atoms. The van der Waals surface area contributed by atoms with E-state index in [2.05, 4.69) is 22.9 Å². The minimum atomic E-state index is -0.405. The van der Waals surface area contributed by atoms with Crippen molar-refractivity contribution in [1.82, 2.24) is 4.98 Å². The van der Waals surface area contributed by atoms with Gasteiger partial charge in [-0.1, -0.05) is 11.6 Å². The molecule has 1 aliphatic rings. The maximum atomic E-state index is 13.0. The summed E-state index contributed by atoms with van der Waals surface area (Å²) in [6, 6.07) is 1.34. The van der Waals surface area contributed by atoms with E-state index in [1.165, 1.54) is 17.8 Å². The highest BCUT2D eigenvalue weighted by atomic mass is 19.1. The van der Waals surface area contributed by atoms with E-state index in [1.54, 1.807) is 0 Å². The van der Waals surface area contributed by atoms with Crippen LogP contribution in [0.2, 0.25) is 0 Å². The molecular weight excluding hydrogens is 207 g/mol. The minimum absolute atomic E-state index is 0.181. The van der Waals surface area contributed by atoms with Crippen LogP contribution in [0.4, 0.5) is 10.2 Å². The Bertz CT molecular complexity index is 417. The summed E-state index contributed by atoms with van der Waals surface area (Å²) in [5, 5.41) is 9.19. The minimum Gasteiger partial charge on any atom is -0.392 e. The molecule has 0 fully saturated rings. The van der Waals surface area contributed by atoms with Gasteiger partial charge in [0.2, 0.25) is 0 Å². The normalized spacial score (nSPS) is 16.2. The van der Waals surface area contributed by atoms with E-state index in [0.717, 1.165) is 19.5 Å². The summed E-state index contributed by atoms with van der Waals surface area (Å²) in [4.78, 5) is 6.14. The molecule has 0 unspecified atom stereocenters. The van der Waals surface area contributed by atoms with Crippen LogP contribution in [-0.4, -0.2) is 23.2 Å². The zero-order valence-corrected chi connectivity index (χ0v) is 9.28. The van der Waals surface area contributed by atoms with Gasteiger partial charge in [0.15, 0.2) is 0 Å². The van der Waals surface area contributed by atoms with Crippen molar-refractivity contribution >= 4 is 5.82 Å². The summed E-state index contributed by atoms with van der Waals surface area (Å²) in [5.41, 5.74) is 1.83. The van der Waals surface area contributed by atoms with Gasteiger partial charge in [-0.05, 0) is 19.4 Å². The van der Waals surface area contributed by atoms with E-state index >= 15 is 0 Å². The van der Waals surface area contributed by atoms with Crippen LogP contribution < -0.4 is 4.90 Å². The maximum absolute atomic E-state index is 13.0. The molecule has 1 aromatic heterocycles. The van der Waals surface area contributed by atoms with Crippen LogP contribution in [0.5, 0.6) is 0 Å². The van der Waals surface area contributed by atoms with Crippen molar-refractivity contribution in [2.24, 2.45) is 0 Å². The zero-order valence-electron chi connectivity index (χ0n) is 9.28. The van der Waals surface area contributed by atoms with Crippen molar-refractivity contribution < 1.29 is 9.50 Å². The molecule has 1 aliphatic heterocycles. The Kier molecular flexibility index (Phi) is 3.19. The quantitative estimate of drug-likeness (QED) is 0.776. The van der Waals surface area contributed by atoms with Crippen molar-refractivity contribution in [3.8, 4) is 0 Å². The number of hydrogen-bond acceptors (Lipinski definition) is 3. The molecule has 2 rings (SSSR count). The molecule has 1 N–H and O–H groups in total. The first-order valence-corrected chi connectivity index (χ1v) is 5.36. The standard InChI is InChI=1S/C12H15FN2O/c1-9-3-2-4-15(7-9)12-10(8-16)5-11(13)6-14-12/h3,5-6,16H,2,4,7-8H2,1H3. The molecule has 3 nitrogen and oxygen atoms in total. The maximum Gasteiger partial charge on any atom is 0.142 e. The Balaban J connectivity index is 2.29. The van der Waals surface area contributed by atoms with E-state index in [-0.39, 0.29) is 6.61 Å². The number of anilines is 1. The molecule has 0 aromatic carbocycles. The molecule has 0 spiro atoms. The number of pyridine rings is 1. The predicted molar refractivity (Wildman–Crippen MR) is 60.7 cm³/mol. The largest absolute Gasteiger partial charge is 0.392 e. The van der Waals surface area contributed by atoms with Crippen molar-refractivity contribution in [3.63, 3.8) is 0 Å². The molecule has 0 saturated heterocycles. The van der Waals surface area contributed by atoms with Gasteiger partial charge in [-0.25, -0.2) is 9.37 Å². The molecule has 4 heteroatoms. The zero-order chi connectivity index (χ0) is 11.5. The van der Waals surface area contributed by atoms with E-state index in [4.69, 9.17) is 0 Å². The Morgan fingerprint density at radius 2 is 2.38 bits per heavy atom. The number of hydrogen-bond donors (Lipinski definition) is 1. The monoisotopic (exact) mass is 222 g/mol. The van der Waals surface area contributed by atoms with Gasteiger partial charge in [0.05, 0.1) is 12.8 Å². The third kappa shape index (κ3) is 2.22. The Labute approximate surface area is 94.2 Å². The van der Waals surface area contributed by atoms with Gasteiger partial charge in [-0.15, -0.1) is 0 Å². The van der Waals surface area contributed by atoms with Gasteiger partial charge in [0.25, 0.3) is 0 Å². The second-order valence-electron chi connectivity index (χ2n) is 4.06. The van der Waals surface area contributed by atoms with Crippen molar-refractivity contribution in [3.05, 3.63) is 35.3 Å². The molecule has 86 valence electrons. The molecule has 2 heterocycles. The van der Waals surface area contributed by atoms with Crippen LogP contribution in [-0.2, 0) is 6.61 Å². The van der Waals surface area contributed by atoms with Gasteiger partial charge in [-0.2, -0.15) is 0 Å². The summed E-state index contributed by atoms with van der Waals surface area (Å²) in [6.07, 6.45) is 4.36. The molecule has 0 saturated carbocycles. The molecular formula is C12H15FN2O. The number of aromatic nitrogens is 1. The lowest BCUT2D eigenvalue weighted by atomic mass is 10.1. The lowest BCUT2D eigenvalue weighted by molar-refractivity contribution is 0.281. The molecule has 1 aromatic rings. The van der Waals surface area contributed by atoms with Crippen LogP contribution in [0.15, 0.2) is 23.9 Å². The van der Waals surface area contributed by atoms with E-state index in [0.29, 0.717) is 11.4 Å². The average Bonchev–Trinajstić information content (AvgIpc) is 2.28. The van der Waals surface area contributed by atoms with Crippen molar-refractivity contribution in [2.75, 3.05) is 18.0 Å². The number of rotatable bonds is 2. The highest BCUT2D eigenvalue weighted by Gasteiger charge is 2.15. The second-order valence-corrected chi connectivity index (χ2v) is 4.06. The van der Waals surface area contributed by atoms with Gasteiger partial charge >= 0.3 is 0 Å². The van der Waals surface area contributed by atoms with Crippen LogP contribution in [0.3, 0.4) is 0 Å². The highest BCUT2D eigenvalue weighted by molar-refractivity contribution is 5.48. The summed E-state index contributed by atoms with van der Waals surface area (Å²) in [7, 11) is 0. The topological polar surface area (TPSA) is 36.4 Å². The summed E-state index contributed by atoms with van der Waals surface area (Å²) in [5.74, 6) is 0.286. The smallest absolute Gasteiger partial charge is 0.142 e. The lowest BCUT2D eigenvalue weighted by Gasteiger charge is -2.28. The van der Waals surface area contributed by atoms with Gasteiger partial charge in [0, 0.05) is 18.7 Å². The third-order valence-corrected chi connectivity index (χ3v) is 2.71. The Morgan fingerprint density at radius 3 is 3.06 bits per heavy atom. The van der Waals surface area contributed by atoms with Crippen LogP contribution in [0.1, 0.15) is 18.9 Å². The summed E-state index contributed by atoms with van der Waals surface area (Å²) >= 11 is 0. The van der Waals surface area contributed by atoms with Gasteiger partial charge in [0.1, 0.15) is 11.6 Å². The lowest BCUT2D eigenvalue weighted by Crippen LogP contribution is -2.30. The number of aliphatic hydroxyl groups excluding tert-OH is 1. The Hall–Kier alpha value is -1.42. The predicted octanol–water partition coefficient (Wildman–Crippen LogP) is 1.87. The summed E-state index contributed by atoms with van der Waals surface area (Å²) < 4.78 is 13.0. The molecule has 0 radical (unpaired) electrons. The summed E-state index contributed by atoms with van der Waals surface area (Å²) in [6.45, 7) is 3.54. The van der Waals surface area contributed by atoms with Crippen LogP contribution in [0.25, 0.3) is 0 Å². The number of nitrogens with zero attached hydrogens (tertiary/aromatic N) is 2. The van der Waals surface area contributed by atoms with E-state index in [1.807, 2.05) is 0 Å². The van der Waals surface area contributed by atoms with Gasteiger partial charge < -0.3 is 10.0 Å². The van der Waals surface area contributed by atoms with E-state index in [9.17, 15) is 9.50 Å². The van der Waals surface area contributed by atoms with Gasteiger partial charge in [-0.3, -0.25) is 0 Å². The first kappa shape index (κ1) is 11.1. The fourth-order valence-corrected chi connectivity index (χ4v) is 1.97. The average molecular weight is 222 g/mol. The molecule has 0 amide bonds. The SMILES string of the molecule is CC1=CCCN(c2ncc(F)cc2CO)C1. The van der Waals surface area contributed by atoms with E-state index < -0.39 is 5.82 Å². The van der Waals surface area contributed by atoms with Crippen LogP contribution in [0, 0.1) is 5.82 Å². The molecule has 16 heavy (non-hydrogen) atoms. The molecule has 0 atom stereocenters. The first-order chi connectivity index (χ1) is 7.70.